The molecule has 0 saturated heterocycles. The number of esters is 1. The van der Waals surface area contributed by atoms with Gasteiger partial charge in [-0.2, -0.15) is 0 Å². The SMILES string of the molecule is CCN(CC)CCN(CC(C)C(=O)OC)C(=O)c1ccc(OC(C)C)cc1. The van der Waals surface area contributed by atoms with E-state index >= 15 is 0 Å². The van der Waals surface area contributed by atoms with E-state index < -0.39 is 0 Å². The van der Waals surface area contributed by atoms with Crippen molar-refractivity contribution in [1.29, 1.82) is 0 Å². The van der Waals surface area contributed by atoms with Gasteiger partial charge in [0.05, 0.1) is 19.1 Å². The Morgan fingerprint density at radius 3 is 2.07 bits per heavy atom. The van der Waals surface area contributed by atoms with Gasteiger partial charge in [-0.1, -0.05) is 20.8 Å². The molecule has 0 aliphatic rings. The molecule has 1 rings (SSSR count). The maximum absolute atomic E-state index is 13.0. The van der Waals surface area contributed by atoms with E-state index in [1.54, 1.807) is 36.1 Å². The summed E-state index contributed by atoms with van der Waals surface area (Å²) in [5.74, 6) is -0.0382. The van der Waals surface area contributed by atoms with Gasteiger partial charge in [-0.15, -0.1) is 0 Å². The summed E-state index contributed by atoms with van der Waals surface area (Å²) in [4.78, 5) is 28.8. The summed E-state index contributed by atoms with van der Waals surface area (Å²) in [6.07, 6.45) is 0.0815. The molecule has 6 heteroatoms. The molecule has 152 valence electrons. The topological polar surface area (TPSA) is 59.1 Å². The first-order valence-electron chi connectivity index (χ1n) is 9.68. The van der Waals surface area contributed by atoms with Crippen LogP contribution in [0.4, 0.5) is 0 Å². The lowest BCUT2D eigenvalue weighted by molar-refractivity contribution is -0.145. The molecule has 1 unspecified atom stereocenters. The Balaban J connectivity index is 2.91. The van der Waals surface area contributed by atoms with Crippen LogP contribution in [0.5, 0.6) is 5.75 Å². The Hall–Kier alpha value is -2.08. The molecule has 0 fully saturated rings. The number of likely N-dealkylation sites (N-methyl/N-ethyl adjacent to an activating group) is 1. The van der Waals surface area contributed by atoms with Crippen LogP contribution >= 0.6 is 0 Å². The van der Waals surface area contributed by atoms with Gasteiger partial charge in [0.25, 0.3) is 5.91 Å². The molecule has 0 radical (unpaired) electrons. The molecule has 27 heavy (non-hydrogen) atoms. The summed E-state index contributed by atoms with van der Waals surface area (Å²) >= 11 is 0. The number of benzene rings is 1. The summed E-state index contributed by atoms with van der Waals surface area (Å²) in [5, 5.41) is 0. The fourth-order valence-electron chi connectivity index (χ4n) is 2.81. The van der Waals surface area contributed by atoms with E-state index in [2.05, 4.69) is 18.7 Å². The van der Waals surface area contributed by atoms with Gasteiger partial charge < -0.3 is 19.3 Å². The maximum atomic E-state index is 13.0. The molecule has 0 aliphatic carbocycles. The van der Waals surface area contributed by atoms with Crippen molar-refractivity contribution in [2.75, 3.05) is 39.8 Å². The van der Waals surface area contributed by atoms with Crippen molar-refractivity contribution >= 4 is 11.9 Å². The van der Waals surface area contributed by atoms with Crippen molar-refractivity contribution in [3.05, 3.63) is 29.8 Å². The Bertz CT molecular complexity index is 582. The molecule has 0 bridgehead atoms. The third kappa shape index (κ3) is 7.59. The third-order valence-corrected chi connectivity index (χ3v) is 4.44. The van der Waals surface area contributed by atoms with Crippen LogP contribution in [0.3, 0.4) is 0 Å². The number of hydrogen-bond donors (Lipinski definition) is 0. The standard InChI is InChI=1S/C21H34N2O4/c1-7-22(8-2)13-14-23(15-17(5)21(25)26-6)20(24)18-9-11-19(12-10-18)27-16(3)4/h9-12,16-17H,7-8,13-15H2,1-6H3. The lowest BCUT2D eigenvalue weighted by Gasteiger charge is -2.28. The monoisotopic (exact) mass is 378 g/mol. The van der Waals surface area contributed by atoms with Crippen molar-refractivity contribution in [2.45, 2.75) is 40.7 Å². The van der Waals surface area contributed by atoms with E-state index in [0.717, 1.165) is 25.4 Å². The Kier molecular flexibility index (Phi) is 9.86. The molecule has 6 nitrogen and oxygen atoms in total. The summed E-state index contributed by atoms with van der Waals surface area (Å²) < 4.78 is 10.5. The molecule has 1 aromatic rings. The number of ether oxygens (including phenoxy) is 2. The second kappa shape index (κ2) is 11.6. The molecule has 0 saturated carbocycles. The van der Waals surface area contributed by atoms with Gasteiger partial charge in [-0.3, -0.25) is 9.59 Å². The maximum Gasteiger partial charge on any atom is 0.310 e. The zero-order valence-electron chi connectivity index (χ0n) is 17.5. The second-order valence-electron chi connectivity index (χ2n) is 6.89. The van der Waals surface area contributed by atoms with Crippen LogP contribution in [-0.2, 0) is 9.53 Å². The van der Waals surface area contributed by atoms with Crippen LogP contribution in [0.2, 0.25) is 0 Å². The van der Waals surface area contributed by atoms with Crippen LogP contribution in [0.1, 0.15) is 45.0 Å². The van der Waals surface area contributed by atoms with E-state index in [0.29, 0.717) is 18.7 Å². The highest BCUT2D eigenvalue weighted by Gasteiger charge is 2.23. The molecule has 1 atom stereocenters. The molecule has 1 aromatic carbocycles. The molecular weight excluding hydrogens is 344 g/mol. The summed E-state index contributed by atoms with van der Waals surface area (Å²) in [5.41, 5.74) is 0.586. The van der Waals surface area contributed by atoms with E-state index in [1.165, 1.54) is 7.11 Å². The van der Waals surface area contributed by atoms with Crippen LogP contribution in [0.25, 0.3) is 0 Å². The minimum atomic E-state index is -0.376. The van der Waals surface area contributed by atoms with Crippen LogP contribution in [0, 0.1) is 5.92 Å². The molecule has 0 N–H and O–H groups in total. The Morgan fingerprint density at radius 1 is 1.00 bits per heavy atom. The highest BCUT2D eigenvalue weighted by atomic mass is 16.5. The first kappa shape index (κ1) is 23.0. The number of rotatable bonds is 11. The van der Waals surface area contributed by atoms with E-state index in [4.69, 9.17) is 9.47 Å². The summed E-state index contributed by atoms with van der Waals surface area (Å²) in [6.45, 7) is 13.4. The molecular formula is C21H34N2O4. The number of nitrogens with zero attached hydrogens (tertiary/aromatic N) is 2. The molecule has 0 spiro atoms. The van der Waals surface area contributed by atoms with Gasteiger partial charge in [0.1, 0.15) is 5.75 Å². The van der Waals surface area contributed by atoms with Crippen molar-refractivity contribution in [3.8, 4) is 5.75 Å². The number of methoxy groups -OCH3 is 1. The predicted octanol–water partition coefficient (Wildman–Crippen LogP) is 3.07. The average Bonchev–Trinajstić information content (AvgIpc) is 2.66. The lowest BCUT2D eigenvalue weighted by Crippen LogP contribution is -2.42. The van der Waals surface area contributed by atoms with E-state index in [1.807, 2.05) is 13.8 Å². The number of hydrogen-bond acceptors (Lipinski definition) is 5. The number of carbonyl (C=O) groups excluding carboxylic acids is 2. The number of carbonyl (C=O) groups is 2. The minimum absolute atomic E-state index is 0.0815. The average molecular weight is 379 g/mol. The van der Waals surface area contributed by atoms with Crippen LogP contribution < -0.4 is 4.74 Å². The smallest absolute Gasteiger partial charge is 0.310 e. The van der Waals surface area contributed by atoms with Gasteiger partial charge >= 0.3 is 5.97 Å². The summed E-state index contributed by atoms with van der Waals surface area (Å²) in [6, 6.07) is 7.15. The first-order chi connectivity index (χ1) is 12.8. The lowest BCUT2D eigenvalue weighted by atomic mass is 10.1. The zero-order valence-corrected chi connectivity index (χ0v) is 17.5. The molecule has 0 aliphatic heterocycles. The fourth-order valence-corrected chi connectivity index (χ4v) is 2.81. The van der Waals surface area contributed by atoms with Crippen molar-refractivity contribution in [1.82, 2.24) is 9.80 Å². The zero-order chi connectivity index (χ0) is 20.4. The quantitative estimate of drug-likeness (QED) is 0.554. The van der Waals surface area contributed by atoms with Gasteiger partial charge in [0.15, 0.2) is 0 Å². The molecule has 0 aromatic heterocycles. The normalized spacial score (nSPS) is 12.1. The second-order valence-corrected chi connectivity index (χ2v) is 6.89. The number of amides is 1. The predicted molar refractivity (Wildman–Crippen MR) is 107 cm³/mol. The molecule has 1 amide bonds. The van der Waals surface area contributed by atoms with Crippen molar-refractivity contribution in [3.63, 3.8) is 0 Å². The van der Waals surface area contributed by atoms with E-state index in [9.17, 15) is 9.59 Å². The summed E-state index contributed by atoms with van der Waals surface area (Å²) in [7, 11) is 1.37. The first-order valence-corrected chi connectivity index (χ1v) is 9.68. The largest absolute Gasteiger partial charge is 0.491 e. The van der Waals surface area contributed by atoms with Crippen molar-refractivity contribution < 1.29 is 19.1 Å². The highest BCUT2D eigenvalue weighted by molar-refractivity contribution is 5.94. The van der Waals surface area contributed by atoms with Crippen molar-refractivity contribution in [2.24, 2.45) is 5.92 Å². The van der Waals surface area contributed by atoms with E-state index in [-0.39, 0.29) is 23.9 Å². The Morgan fingerprint density at radius 2 is 1.59 bits per heavy atom. The minimum Gasteiger partial charge on any atom is -0.491 e. The highest BCUT2D eigenvalue weighted by Crippen LogP contribution is 2.16. The van der Waals surface area contributed by atoms with Gasteiger partial charge in [0.2, 0.25) is 0 Å². The fraction of sp³-hybridized carbons (Fsp3) is 0.619. The van der Waals surface area contributed by atoms with Crippen LogP contribution in [0.15, 0.2) is 24.3 Å². The van der Waals surface area contributed by atoms with Gasteiger partial charge in [-0.25, -0.2) is 0 Å². The van der Waals surface area contributed by atoms with Crippen LogP contribution in [-0.4, -0.2) is 67.6 Å². The Labute approximate surface area is 163 Å². The third-order valence-electron chi connectivity index (χ3n) is 4.44. The molecule has 0 heterocycles. The van der Waals surface area contributed by atoms with Gasteiger partial charge in [-0.05, 0) is 51.2 Å². The van der Waals surface area contributed by atoms with Gasteiger partial charge in [0, 0.05) is 25.2 Å².